The van der Waals surface area contributed by atoms with Crippen LogP contribution < -0.4 is 16.0 Å². The van der Waals surface area contributed by atoms with Crippen LogP contribution in [0.15, 0.2) is 12.1 Å². The number of hydrogen-bond acceptors (Lipinski definition) is 5. The number of halogens is 3. The molecular formula is C12H18F3N3O2. The van der Waals surface area contributed by atoms with Gasteiger partial charge in [-0.05, 0) is 12.5 Å². The van der Waals surface area contributed by atoms with E-state index in [0.717, 1.165) is 25.0 Å². The quantitative estimate of drug-likeness (QED) is 0.438. The Kier molecular flexibility index (Phi) is 6.53. The van der Waals surface area contributed by atoms with Crippen molar-refractivity contribution in [3.05, 3.63) is 17.7 Å². The van der Waals surface area contributed by atoms with Crippen LogP contribution >= 0.6 is 0 Å². The highest BCUT2D eigenvalue weighted by Crippen LogP contribution is 2.32. The molecule has 114 valence electrons. The first kappa shape index (κ1) is 16.5. The Morgan fingerprint density at radius 2 is 2.00 bits per heavy atom. The standard InChI is InChI=1S/C12H18F3N3O2/c1-2-3-4-19-5-6-20-11-8-9(12(13,14)15)7-10(17-11)18-16/h7-8H,2-6,16H2,1H3,(H,17,18). The molecule has 0 aliphatic carbocycles. The average molecular weight is 293 g/mol. The van der Waals surface area contributed by atoms with Crippen molar-refractivity contribution in [2.75, 3.05) is 25.2 Å². The van der Waals surface area contributed by atoms with E-state index in [-0.39, 0.29) is 18.3 Å². The summed E-state index contributed by atoms with van der Waals surface area (Å²) in [6.45, 7) is 3.06. The van der Waals surface area contributed by atoms with Crippen LogP contribution in [0.4, 0.5) is 19.0 Å². The van der Waals surface area contributed by atoms with E-state index in [9.17, 15) is 13.2 Å². The van der Waals surface area contributed by atoms with Gasteiger partial charge in [0.05, 0.1) is 12.2 Å². The monoisotopic (exact) mass is 293 g/mol. The predicted molar refractivity (Wildman–Crippen MR) is 68.3 cm³/mol. The molecule has 0 saturated heterocycles. The van der Waals surface area contributed by atoms with Crippen LogP contribution in [0, 0.1) is 0 Å². The molecule has 5 nitrogen and oxygen atoms in total. The summed E-state index contributed by atoms with van der Waals surface area (Å²) in [5.41, 5.74) is 1.20. The number of unbranched alkanes of at least 4 members (excludes halogenated alkanes) is 1. The molecule has 1 rings (SSSR count). The fraction of sp³-hybridized carbons (Fsp3) is 0.583. The van der Waals surface area contributed by atoms with Gasteiger partial charge in [0.15, 0.2) is 0 Å². The molecule has 1 heterocycles. The first-order chi connectivity index (χ1) is 9.47. The molecule has 0 amide bonds. The summed E-state index contributed by atoms with van der Waals surface area (Å²) in [5, 5.41) is 0. The molecule has 0 saturated carbocycles. The maximum Gasteiger partial charge on any atom is 0.416 e. The van der Waals surface area contributed by atoms with Gasteiger partial charge in [-0.3, -0.25) is 0 Å². The Bertz CT molecular complexity index is 413. The number of nitrogens with two attached hydrogens (primary N) is 1. The van der Waals surface area contributed by atoms with Gasteiger partial charge in [-0.15, -0.1) is 0 Å². The largest absolute Gasteiger partial charge is 0.475 e. The maximum atomic E-state index is 12.6. The van der Waals surface area contributed by atoms with Gasteiger partial charge in [0.25, 0.3) is 0 Å². The SMILES string of the molecule is CCCCOCCOc1cc(C(F)(F)F)cc(NN)n1. The van der Waals surface area contributed by atoms with Gasteiger partial charge in [-0.1, -0.05) is 13.3 Å². The number of hydrogen-bond donors (Lipinski definition) is 2. The van der Waals surface area contributed by atoms with Crippen LogP contribution in [0.1, 0.15) is 25.3 Å². The number of pyridine rings is 1. The summed E-state index contributed by atoms with van der Waals surface area (Å²) >= 11 is 0. The number of ether oxygens (including phenoxy) is 2. The van der Waals surface area contributed by atoms with Gasteiger partial charge in [0, 0.05) is 12.7 Å². The molecule has 0 spiro atoms. The summed E-state index contributed by atoms with van der Waals surface area (Å²) in [6.07, 6.45) is -2.53. The highest BCUT2D eigenvalue weighted by atomic mass is 19.4. The fourth-order valence-corrected chi connectivity index (χ4v) is 1.37. The van der Waals surface area contributed by atoms with Gasteiger partial charge in [0.1, 0.15) is 12.4 Å². The Morgan fingerprint density at radius 1 is 1.25 bits per heavy atom. The van der Waals surface area contributed by atoms with Crippen LogP contribution in [0.5, 0.6) is 5.88 Å². The van der Waals surface area contributed by atoms with Crippen molar-refractivity contribution < 1.29 is 22.6 Å². The highest BCUT2D eigenvalue weighted by Gasteiger charge is 2.31. The van der Waals surface area contributed by atoms with Crippen LogP contribution in [-0.4, -0.2) is 24.8 Å². The second-order valence-corrected chi connectivity index (χ2v) is 4.04. The first-order valence-corrected chi connectivity index (χ1v) is 6.23. The van der Waals surface area contributed by atoms with Gasteiger partial charge in [-0.25, -0.2) is 5.84 Å². The number of nitrogens with one attached hydrogen (secondary N) is 1. The minimum Gasteiger partial charge on any atom is -0.475 e. The molecule has 0 aliphatic heterocycles. The van der Waals surface area contributed by atoms with Gasteiger partial charge >= 0.3 is 6.18 Å². The zero-order valence-corrected chi connectivity index (χ0v) is 11.2. The summed E-state index contributed by atoms with van der Waals surface area (Å²) < 4.78 is 48.3. The van der Waals surface area contributed by atoms with Gasteiger partial charge < -0.3 is 14.9 Å². The smallest absolute Gasteiger partial charge is 0.416 e. The van der Waals surface area contributed by atoms with Crippen molar-refractivity contribution in [2.45, 2.75) is 25.9 Å². The van der Waals surface area contributed by atoms with Gasteiger partial charge in [0.2, 0.25) is 5.88 Å². The second-order valence-electron chi connectivity index (χ2n) is 4.04. The number of aromatic nitrogens is 1. The predicted octanol–water partition coefficient (Wildman–Crippen LogP) is 2.58. The third kappa shape index (κ3) is 5.62. The Balaban J connectivity index is 2.56. The Labute approximate surface area is 115 Å². The van der Waals surface area contributed by atoms with E-state index < -0.39 is 11.7 Å². The summed E-state index contributed by atoms with van der Waals surface area (Å²) in [5.74, 6) is 4.82. The zero-order valence-electron chi connectivity index (χ0n) is 11.2. The molecule has 20 heavy (non-hydrogen) atoms. The number of anilines is 1. The lowest BCUT2D eigenvalue weighted by Crippen LogP contribution is -2.14. The van der Waals surface area contributed by atoms with Crippen molar-refractivity contribution >= 4 is 5.82 Å². The van der Waals surface area contributed by atoms with Crippen molar-refractivity contribution in [3.8, 4) is 5.88 Å². The number of nitrogens with zero attached hydrogens (tertiary/aromatic N) is 1. The molecule has 8 heteroatoms. The van der Waals surface area contributed by atoms with Crippen molar-refractivity contribution in [3.63, 3.8) is 0 Å². The molecule has 0 bridgehead atoms. The van der Waals surface area contributed by atoms with Crippen LogP contribution in [0.2, 0.25) is 0 Å². The van der Waals surface area contributed by atoms with Crippen LogP contribution in [0.3, 0.4) is 0 Å². The van der Waals surface area contributed by atoms with E-state index in [2.05, 4.69) is 10.4 Å². The molecule has 0 atom stereocenters. The van der Waals surface area contributed by atoms with E-state index in [4.69, 9.17) is 15.3 Å². The molecule has 1 aromatic rings. The normalized spacial score (nSPS) is 11.4. The molecule has 0 fully saturated rings. The number of alkyl halides is 3. The lowest BCUT2D eigenvalue weighted by Gasteiger charge is -2.12. The average Bonchev–Trinajstić information content (AvgIpc) is 2.41. The van der Waals surface area contributed by atoms with Crippen molar-refractivity contribution in [2.24, 2.45) is 5.84 Å². The van der Waals surface area contributed by atoms with E-state index in [1.165, 1.54) is 0 Å². The van der Waals surface area contributed by atoms with Crippen LogP contribution in [-0.2, 0) is 10.9 Å². The van der Waals surface area contributed by atoms with E-state index in [1.807, 2.05) is 6.92 Å². The lowest BCUT2D eigenvalue weighted by molar-refractivity contribution is -0.137. The molecule has 0 aromatic carbocycles. The molecule has 0 radical (unpaired) electrons. The number of nitrogen functional groups attached to an aromatic ring is 1. The number of rotatable bonds is 8. The van der Waals surface area contributed by atoms with Crippen molar-refractivity contribution in [1.82, 2.24) is 4.98 Å². The maximum absolute atomic E-state index is 12.6. The molecule has 0 unspecified atom stereocenters. The van der Waals surface area contributed by atoms with Crippen LogP contribution in [0.25, 0.3) is 0 Å². The Hall–Kier alpha value is -1.54. The highest BCUT2D eigenvalue weighted by molar-refractivity contribution is 5.41. The van der Waals surface area contributed by atoms with E-state index in [0.29, 0.717) is 13.2 Å². The summed E-state index contributed by atoms with van der Waals surface area (Å²) in [6, 6.07) is 1.64. The number of hydrazine groups is 1. The topological polar surface area (TPSA) is 69.4 Å². The van der Waals surface area contributed by atoms with Crippen molar-refractivity contribution in [1.29, 1.82) is 0 Å². The first-order valence-electron chi connectivity index (χ1n) is 6.23. The third-order valence-corrected chi connectivity index (χ3v) is 2.40. The molecule has 0 aliphatic rings. The van der Waals surface area contributed by atoms with E-state index in [1.54, 1.807) is 0 Å². The Morgan fingerprint density at radius 3 is 2.60 bits per heavy atom. The van der Waals surface area contributed by atoms with E-state index >= 15 is 0 Å². The summed E-state index contributed by atoms with van der Waals surface area (Å²) in [7, 11) is 0. The fourth-order valence-electron chi connectivity index (χ4n) is 1.37. The molecule has 1 aromatic heterocycles. The van der Waals surface area contributed by atoms with Gasteiger partial charge in [-0.2, -0.15) is 18.2 Å². The molecule has 3 N–H and O–H groups in total. The minimum atomic E-state index is -4.48. The second kappa shape index (κ2) is 7.91. The lowest BCUT2D eigenvalue weighted by atomic mass is 10.2. The zero-order chi connectivity index (χ0) is 15.0. The summed E-state index contributed by atoms with van der Waals surface area (Å²) in [4.78, 5) is 3.79. The third-order valence-electron chi connectivity index (χ3n) is 2.40. The molecular weight excluding hydrogens is 275 g/mol. The minimum absolute atomic E-state index is 0.110.